The Balaban J connectivity index is 2.87. The first-order valence-corrected chi connectivity index (χ1v) is 13.6. The summed E-state index contributed by atoms with van der Waals surface area (Å²) < 4.78 is 0. The Bertz CT molecular complexity index is 285. The van der Waals surface area contributed by atoms with E-state index in [0.717, 1.165) is 23.2 Å². The van der Waals surface area contributed by atoms with Gasteiger partial charge in [-0.05, 0) is 73.0 Å². The van der Waals surface area contributed by atoms with Crippen LogP contribution in [0.4, 0.5) is 0 Å². The fourth-order valence-electron chi connectivity index (χ4n) is 4.89. The molecule has 0 nitrogen and oxygen atoms in total. The Kier molecular flexibility index (Phi) is 11.7. The first-order valence-electron chi connectivity index (χ1n) is 11.0. The highest BCUT2D eigenvalue weighted by Gasteiger charge is 2.45. The normalized spacial score (nSPS) is 31.2. The Hall–Kier alpha value is 0.860. The summed E-state index contributed by atoms with van der Waals surface area (Å²) in [5, 5.41) is 0. The molecule has 1 aliphatic rings. The second-order valence-corrected chi connectivity index (χ2v) is 12.0. The van der Waals surface area contributed by atoms with Crippen molar-refractivity contribution in [1.29, 1.82) is 0 Å². The Morgan fingerprint density at radius 2 is 1.21 bits per heavy atom. The zero-order valence-electron chi connectivity index (χ0n) is 17.6. The van der Waals surface area contributed by atoms with E-state index in [1.54, 1.807) is 19.3 Å². The molecule has 1 fully saturated rings. The zero-order valence-corrected chi connectivity index (χ0v) is 19.6. The van der Waals surface area contributed by atoms with Gasteiger partial charge in [-0.2, -0.15) is 0 Å². The molecule has 24 heavy (non-hydrogen) atoms. The van der Waals surface area contributed by atoms with Crippen LogP contribution in [0, 0.1) is 17.3 Å². The molecule has 2 heteroatoms. The van der Waals surface area contributed by atoms with Crippen LogP contribution >= 0.6 is 17.2 Å². The average Bonchev–Trinajstić information content (AvgIpc) is 2.60. The first-order chi connectivity index (χ1) is 11.5. The van der Waals surface area contributed by atoms with Crippen molar-refractivity contribution < 1.29 is 0 Å². The van der Waals surface area contributed by atoms with E-state index in [2.05, 4.69) is 41.5 Å². The predicted octanol–water partition coefficient (Wildman–Crippen LogP) is 7.94. The van der Waals surface area contributed by atoms with Crippen LogP contribution in [0.1, 0.15) is 99.3 Å². The molecule has 0 aromatic rings. The van der Waals surface area contributed by atoms with Crippen molar-refractivity contribution in [2.75, 3.05) is 12.3 Å². The highest BCUT2D eigenvalue weighted by atomic mass is 31.1. The minimum Gasteiger partial charge on any atom is -0.119 e. The molecule has 0 bridgehead atoms. The lowest BCUT2D eigenvalue weighted by Crippen LogP contribution is -2.44. The summed E-state index contributed by atoms with van der Waals surface area (Å²) in [5.74, 6) is 1.81. The van der Waals surface area contributed by atoms with E-state index in [1.165, 1.54) is 68.0 Å². The van der Waals surface area contributed by atoms with Gasteiger partial charge in [0, 0.05) is 0 Å². The molecule has 0 N–H and O–H groups in total. The molecule has 1 saturated carbocycles. The van der Waals surface area contributed by atoms with Crippen LogP contribution in [0.25, 0.3) is 0 Å². The number of rotatable bonds is 12. The summed E-state index contributed by atoms with van der Waals surface area (Å²) in [7, 11) is 2.48. The van der Waals surface area contributed by atoms with E-state index in [-0.39, 0.29) is 0 Å². The molecule has 6 atom stereocenters. The molecule has 0 heterocycles. The molecule has 0 amide bonds. The van der Waals surface area contributed by atoms with Crippen molar-refractivity contribution in [3.05, 3.63) is 0 Å². The summed E-state index contributed by atoms with van der Waals surface area (Å²) in [5.41, 5.74) is 2.75. The molecule has 0 spiro atoms. The third-order valence-corrected chi connectivity index (χ3v) is 10.3. The lowest BCUT2D eigenvalue weighted by atomic mass is 9.58. The summed E-state index contributed by atoms with van der Waals surface area (Å²) in [6.07, 6.45) is 16.1. The molecule has 0 radical (unpaired) electrons. The van der Waals surface area contributed by atoms with Gasteiger partial charge in [0.25, 0.3) is 0 Å². The zero-order chi connectivity index (χ0) is 18.0. The highest BCUT2D eigenvalue weighted by Crippen LogP contribution is 2.56. The highest BCUT2D eigenvalue weighted by molar-refractivity contribution is 7.40. The van der Waals surface area contributed by atoms with Crippen LogP contribution in [0.15, 0.2) is 0 Å². The van der Waals surface area contributed by atoms with Crippen molar-refractivity contribution in [2.45, 2.75) is 111 Å². The smallest absolute Gasteiger partial charge is 0.0225 e. The quantitative estimate of drug-likeness (QED) is 0.241. The fourth-order valence-corrected chi connectivity index (χ4v) is 9.01. The number of hydrogen-bond donors (Lipinski definition) is 0. The summed E-state index contributed by atoms with van der Waals surface area (Å²) in [4.78, 5) is 0. The molecule has 144 valence electrons. The molecule has 0 saturated heterocycles. The molecule has 1 rings (SSSR count). The van der Waals surface area contributed by atoms with Gasteiger partial charge < -0.3 is 0 Å². The molecule has 0 aliphatic heterocycles. The Labute approximate surface area is 157 Å². The van der Waals surface area contributed by atoms with Crippen molar-refractivity contribution in [3.8, 4) is 0 Å². The van der Waals surface area contributed by atoms with E-state index in [9.17, 15) is 0 Å². The maximum atomic E-state index is 2.58. The van der Waals surface area contributed by atoms with E-state index >= 15 is 0 Å². The van der Waals surface area contributed by atoms with E-state index < -0.39 is 0 Å². The van der Waals surface area contributed by atoms with Gasteiger partial charge in [-0.15, -0.1) is 17.2 Å². The predicted molar refractivity (Wildman–Crippen MR) is 119 cm³/mol. The molecule has 0 aromatic carbocycles. The van der Waals surface area contributed by atoms with Crippen molar-refractivity contribution in [2.24, 2.45) is 17.3 Å². The second kappa shape index (κ2) is 12.3. The standard InChI is InChI=1S/C22H46P2/c1-7-11-13-23-20-15-21(24-14-12-8-2)17-22(16-20,18(5)9-3)19(6)10-4/h18-21,23-24H,7-17H2,1-6H3. The van der Waals surface area contributed by atoms with Crippen LogP contribution in [0.2, 0.25) is 0 Å². The lowest BCUT2D eigenvalue weighted by Gasteiger charge is -2.52. The van der Waals surface area contributed by atoms with Gasteiger partial charge in [0.2, 0.25) is 0 Å². The van der Waals surface area contributed by atoms with E-state index in [1.807, 2.05) is 0 Å². The maximum Gasteiger partial charge on any atom is -0.0225 e. The molecule has 6 unspecified atom stereocenters. The first kappa shape index (κ1) is 22.9. The minimum absolute atomic E-state index is 0.648. The van der Waals surface area contributed by atoms with Crippen LogP contribution in [-0.4, -0.2) is 23.6 Å². The maximum absolute atomic E-state index is 2.58. The van der Waals surface area contributed by atoms with Crippen LogP contribution < -0.4 is 0 Å². The van der Waals surface area contributed by atoms with Gasteiger partial charge >= 0.3 is 0 Å². The molecular weight excluding hydrogens is 326 g/mol. The molecule has 1 aliphatic carbocycles. The largest absolute Gasteiger partial charge is 0.119 e. The Morgan fingerprint density at radius 3 is 1.54 bits per heavy atom. The minimum atomic E-state index is 0.648. The van der Waals surface area contributed by atoms with Crippen molar-refractivity contribution >= 4 is 17.2 Å². The molecule has 0 aromatic heterocycles. The molecular formula is C22H46P2. The van der Waals surface area contributed by atoms with Gasteiger partial charge in [-0.25, -0.2) is 0 Å². The summed E-state index contributed by atoms with van der Waals surface area (Å²) in [6.45, 7) is 14.7. The van der Waals surface area contributed by atoms with Gasteiger partial charge in [0.15, 0.2) is 0 Å². The average molecular weight is 373 g/mol. The number of hydrogen-bond acceptors (Lipinski definition) is 0. The number of unbranched alkanes of at least 4 members (excludes halogenated alkanes) is 2. The van der Waals surface area contributed by atoms with Crippen molar-refractivity contribution in [3.63, 3.8) is 0 Å². The van der Waals surface area contributed by atoms with Crippen LogP contribution in [0.3, 0.4) is 0 Å². The van der Waals surface area contributed by atoms with Gasteiger partial charge in [0.1, 0.15) is 0 Å². The van der Waals surface area contributed by atoms with E-state index in [0.29, 0.717) is 5.41 Å². The van der Waals surface area contributed by atoms with Crippen LogP contribution in [-0.2, 0) is 0 Å². The third kappa shape index (κ3) is 6.54. The van der Waals surface area contributed by atoms with Crippen molar-refractivity contribution in [1.82, 2.24) is 0 Å². The lowest BCUT2D eigenvalue weighted by molar-refractivity contribution is 0.0409. The monoisotopic (exact) mass is 372 g/mol. The topological polar surface area (TPSA) is 0 Å². The van der Waals surface area contributed by atoms with Crippen LogP contribution in [0.5, 0.6) is 0 Å². The summed E-state index contributed by atoms with van der Waals surface area (Å²) >= 11 is 0. The SMILES string of the molecule is CCCCPC1CC(PCCCC)CC(C(C)CC)(C(C)CC)C1. The van der Waals surface area contributed by atoms with Gasteiger partial charge in [0.05, 0.1) is 0 Å². The van der Waals surface area contributed by atoms with E-state index in [4.69, 9.17) is 0 Å². The Morgan fingerprint density at radius 1 is 0.792 bits per heavy atom. The summed E-state index contributed by atoms with van der Waals surface area (Å²) in [6, 6.07) is 0. The second-order valence-electron chi connectivity index (χ2n) is 8.50. The third-order valence-electron chi connectivity index (χ3n) is 6.94. The van der Waals surface area contributed by atoms with Gasteiger partial charge in [-0.1, -0.05) is 67.2 Å². The fraction of sp³-hybridized carbons (Fsp3) is 1.00. The van der Waals surface area contributed by atoms with Gasteiger partial charge in [-0.3, -0.25) is 0 Å².